The molecular weight excluding hydrogens is 488 g/mol. The van der Waals surface area contributed by atoms with Gasteiger partial charge < -0.3 is 9.80 Å². The lowest BCUT2D eigenvalue weighted by Gasteiger charge is -2.40. The summed E-state index contributed by atoms with van der Waals surface area (Å²) in [6.07, 6.45) is 1.75. The molecule has 0 unspecified atom stereocenters. The fourth-order valence-electron chi connectivity index (χ4n) is 5.44. The van der Waals surface area contributed by atoms with Crippen LogP contribution in [0.5, 0.6) is 0 Å². The summed E-state index contributed by atoms with van der Waals surface area (Å²) in [5.41, 5.74) is 11.5. The Morgan fingerprint density at radius 1 is 0.450 bits per heavy atom. The molecule has 0 atom stereocenters. The van der Waals surface area contributed by atoms with Gasteiger partial charge in [0, 0.05) is 23.0 Å². The summed E-state index contributed by atoms with van der Waals surface area (Å²) in [6.45, 7) is 0. The first-order valence-electron chi connectivity index (χ1n) is 13.2. The van der Waals surface area contributed by atoms with E-state index in [4.69, 9.17) is 5.26 Å². The minimum Gasteiger partial charge on any atom is -0.306 e. The van der Waals surface area contributed by atoms with Crippen molar-refractivity contribution in [3.8, 4) is 28.3 Å². The van der Waals surface area contributed by atoms with Crippen LogP contribution in [0, 0.1) is 11.3 Å². The molecule has 0 aliphatic carbocycles. The average molecular weight is 513 g/mol. The van der Waals surface area contributed by atoms with E-state index in [1.54, 1.807) is 12.3 Å². The van der Waals surface area contributed by atoms with E-state index in [9.17, 15) is 0 Å². The maximum Gasteiger partial charge on any atom is 0.140 e. The van der Waals surface area contributed by atoms with Crippen LogP contribution in [0.15, 0.2) is 146 Å². The monoisotopic (exact) mass is 512 g/mol. The predicted octanol–water partition coefficient (Wildman–Crippen LogP) is 9.54. The van der Waals surface area contributed by atoms with Crippen molar-refractivity contribution in [1.29, 1.82) is 5.26 Å². The smallest absolute Gasteiger partial charge is 0.140 e. The van der Waals surface area contributed by atoms with Gasteiger partial charge in [0.15, 0.2) is 0 Å². The summed E-state index contributed by atoms with van der Waals surface area (Å²) in [7, 11) is 0. The van der Waals surface area contributed by atoms with E-state index in [2.05, 4.69) is 148 Å². The van der Waals surface area contributed by atoms with Crippen LogP contribution in [0.3, 0.4) is 0 Å². The van der Waals surface area contributed by atoms with Crippen molar-refractivity contribution >= 4 is 34.1 Å². The van der Waals surface area contributed by atoms with E-state index >= 15 is 0 Å². The van der Waals surface area contributed by atoms with Gasteiger partial charge in [-0.2, -0.15) is 5.26 Å². The Balaban J connectivity index is 1.36. The lowest BCUT2D eigenvalue weighted by molar-refractivity contribution is 1.17. The molecule has 0 saturated carbocycles. The van der Waals surface area contributed by atoms with Crippen LogP contribution < -0.4 is 9.80 Å². The van der Waals surface area contributed by atoms with Crippen LogP contribution in [-0.2, 0) is 0 Å². The molecule has 7 rings (SSSR count). The van der Waals surface area contributed by atoms with E-state index in [-0.39, 0.29) is 0 Å². The van der Waals surface area contributed by atoms with Crippen molar-refractivity contribution in [2.24, 2.45) is 0 Å². The number of aromatic nitrogens is 1. The topological polar surface area (TPSA) is 43.2 Å². The lowest BCUT2D eigenvalue weighted by atomic mass is 9.97. The van der Waals surface area contributed by atoms with Gasteiger partial charge >= 0.3 is 0 Å². The van der Waals surface area contributed by atoms with Crippen molar-refractivity contribution in [1.82, 2.24) is 4.98 Å². The molecule has 0 spiro atoms. The molecule has 0 amide bonds. The Labute approximate surface area is 233 Å². The molecule has 4 heteroatoms. The number of anilines is 6. The maximum atomic E-state index is 9.07. The first kappa shape index (κ1) is 23.5. The summed E-state index contributed by atoms with van der Waals surface area (Å²) in [5.74, 6) is 0. The van der Waals surface area contributed by atoms with Gasteiger partial charge in [0.25, 0.3) is 0 Å². The fraction of sp³-hybridized carbons (Fsp3) is 0. The maximum absolute atomic E-state index is 9.07. The SMILES string of the molecule is N#Cc1ccc(-c2ccc(-c3ccccc3N3c4ccccc4N(c4ccccc4)c4ccccc43)cc2)cn1. The molecule has 0 fully saturated rings. The molecule has 188 valence electrons. The minimum atomic E-state index is 0.419. The Bertz CT molecular complexity index is 1810. The van der Waals surface area contributed by atoms with Crippen molar-refractivity contribution < 1.29 is 0 Å². The van der Waals surface area contributed by atoms with Gasteiger partial charge in [0.1, 0.15) is 11.8 Å². The largest absolute Gasteiger partial charge is 0.306 e. The van der Waals surface area contributed by atoms with E-state index in [1.165, 1.54) is 0 Å². The van der Waals surface area contributed by atoms with E-state index < -0.39 is 0 Å². The zero-order chi connectivity index (χ0) is 26.9. The first-order valence-corrected chi connectivity index (χ1v) is 13.2. The van der Waals surface area contributed by atoms with Crippen molar-refractivity contribution in [3.05, 3.63) is 151 Å². The summed E-state index contributed by atoms with van der Waals surface area (Å²) in [6, 6.07) is 50.6. The molecule has 40 heavy (non-hydrogen) atoms. The van der Waals surface area contributed by atoms with E-state index in [0.717, 1.165) is 56.4 Å². The van der Waals surface area contributed by atoms with Gasteiger partial charge in [-0.3, -0.25) is 0 Å². The third kappa shape index (κ3) is 3.98. The second-order valence-electron chi connectivity index (χ2n) is 9.62. The summed E-state index contributed by atoms with van der Waals surface area (Å²) >= 11 is 0. The molecule has 1 aliphatic heterocycles. The van der Waals surface area contributed by atoms with Gasteiger partial charge in [0.05, 0.1) is 28.4 Å². The quantitative estimate of drug-likeness (QED) is 0.235. The summed E-state index contributed by atoms with van der Waals surface area (Å²) in [5, 5.41) is 9.07. The molecule has 0 N–H and O–H groups in total. The second-order valence-corrected chi connectivity index (χ2v) is 9.62. The Hall–Kier alpha value is -5.66. The van der Waals surface area contributed by atoms with Gasteiger partial charge in [-0.1, -0.05) is 84.9 Å². The highest BCUT2D eigenvalue weighted by Crippen LogP contribution is 2.55. The molecule has 0 bridgehead atoms. The highest BCUT2D eigenvalue weighted by Gasteiger charge is 2.31. The van der Waals surface area contributed by atoms with Gasteiger partial charge in [-0.05, 0) is 65.7 Å². The van der Waals surface area contributed by atoms with Gasteiger partial charge in [0.2, 0.25) is 0 Å². The molecule has 4 nitrogen and oxygen atoms in total. The zero-order valence-corrected chi connectivity index (χ0v) is 21.6. The minimum absolute atomic E-state index is 0.419. The number of para-hydroxylation sites is 6. The van der Waals surface area contributed by atoms with Crippen LogP contribution in [0.25, 0.3) is 22.3 Å². The van der Waals surface area contributed by atoms with Gasteiger partial charge in [-0.25, -0.2) is 4.98 Å². The molecule has 0 saturated heterocycles. The van der Waals surface area contributed by atoms with Crippen molar-refractivity contribution in [2.45, 2.75) is 0 Å². The normalized spacial score (nSPS) is 11.9. The van der Waals surface area contributed by atoms with E-state index in [0.29, 0.717) is 5.69 Å². The Morgan fingerprint density at radius 3 is 1.52 bits per heavy atom. The number of nitriles is 1. The molecule has 0 radical (unpaired) electrons. The molecule has 1 aromatic heterocycles. The van der Waals surface area contributed by atoms with Crippen LogP contribution >= 0.6 is 0 Å². The Kier molecular flexibility index (Phi) is 5.81. The van der Waals surface area contributed by atoms with Crippen LogP contribution in [0.2, 0.25) is 0 Å². The van der Waals surface area contributed by atoms with Crippen molar-refractivity contribution in [2.75, 3.05) is 9.80 Å². The van der Waals surface area contributed by atoms with Gasteiger partial charge in [-0.15, -0.1) is 0 Å². The number of hydrogen-bond donors (Lipinski definition) is 0. The highest BCUT2D eigenvalue weighted by atomic mass is 15.3. The number of benzene rings is 5. The van der Waals surface area contributed by atoms with E-state index in [1.807, 2.05) is 6.07 Å². The fourth-order valence-corrected chi connectivity index (χ4v) is 5.44. The number of hydrogen-bond acceptors (Lipinski definition) is 4. The predicted molar refractivity (Wildman–Crippen MR) is 163 cm³/mol. The molecule has 6 aromatic rings. The number of rotatable bonds is 4. The lowest BCUT2D eigenvalue weighted by Crippen LogP contribution is -2.24. The molecule has 5 aromatic carbocycles. The second kappa shape index (κ2) is 9.90. The number of nitrogens with zero attached hydrogens (tertiary/aromatic N) is 4. The van der Waals surface area contributed by atoms with Crippen LogP contribution in [0.4, 0.5) is 34.1 Å². The number of fused-ring (bicyclic) bond motifs is 2. The van der Waals surface area contributed by atoms with Crippen molar-refractivity contribution in [3.63, 3.8) is 0 Å². The molecule has 1 aliphatic rings. The number of pyridine rings is 1. The van der Waals surface area contributed by atoms with Crippen LogP contribution in [0.1, 0.15) is 5.69 Å². The third-order valence-electron chi connectivity index (χ3n) is 7.29. The average Bonchev–Trinajstić information content (AvgIpc) is 3.04. The third-order valence-corrected chi connectivity index (χ3v) is 7.29. The Morgan fingerprint density at radius 2 is 0.950 bits per heavy atom. The standard InChI is InChI=1S/C36H24N4/c37-24-29-23-22-28(25-38-29)26-18-20-27(21-19-26)31-12-4-5-13-32(31)40-35-16-8-6-14-33(35)39(30-10-2-1-3-11-30)34-15-7-9-17-36(34)40/h1-23,25H. The molecule has 2 heterocycles. The van der Waals surface area contributed by atoms with Crippen LogP contribution in [-0.4, -0.2) is 4.98 Å². The zero-order valence-electron chi connectivity index (χ0n) is 21.6. The first-order chi connectivity index (χ1) is 19.8. The summed E-state index contributed by atoms with van der Waals surface area (Å²) in [4.78, 5) is 8.94. The highest BCUT2D eigenvalue weighted by molar-refractivity contribution is 6.03. The molecular formula is C36H24N4. The summed E-state index contributed by atoms with van der Waals surface area (Å²) < 4.78 is 0.